The Labute approximate surface area is 123 Å². The van der Waals surface area contributed by atoms with Crippen LogP contribution in [0, 0.1) is 0 Å². The van der Waals surface area contributed by atoms with Gasteiger partial charge in [0, 0.05) is 11.1 Å². The molecule has 114 valence electrons. The Morgan fingerprint density at radius 1 is 1.25 bits per heavy atom. The number of benzene rings is 1. The monoisotopic (exact) mass is 375 g/mol. The van der Waals surface area contributed by atoms with E-state index in [9.17, 15) is 21.6 Å². The minimum Gasteiger partial charge on any atom is -0.396 e. The Balaban J connectivity index is 2.91. The Morgan fingerprint density at radius 2 is 1.90 bits per heavy atom. The van der Waals surface area contributed by atoms with Crippen LogP contribution in [0.2, 0.25) is 0 Å². The van der Waals surface area contributed by atoms with Crippen molar-refractivity contribution in [2.75, 3.05) is 17.1 Å². The van der Waals surface area contributed by atoms with Gasteiger partial charge in [0.05, 0.1) is 17.0 Å². The van der Waals surface area contributed by atoms with Gasteiger partial charge in [-0.15, -0.1) is 0 Å². The average Bonchev–Trinajstić information content (AvgIpc) is 2.30. The molecular weight excluding hydrogens is 363 g/mol. The minimum atomic E-state index is -4.54. The molecule has 0 aromatic heterocycles. The molecular formula is C11H13BrF3NO3S. The smallest absolute Gasteiger partial charge is 0.396 e. The molecule has 2 N–H and O–H groups in total. The van der Waals surface area contributed by atoms with Crippen molar-refractivity contribution in [3.8, 4) is 0 Å². The van der Waals surface area contributed by atoms with Crippen LogP contribution in [0.3, 0.4) is 0 Å². The Morgan fingerprint density at radius 3 is 2.45 bits per heavy atom. The highest BCUT2D eigenvalue weighted by molar-refractivity contribution is 9.10. The molecule has 0 atom stereocenters. The van der Waals surface area contributed by atoms with Crippen LogP contribution in [-0.4, -0.2) is 25.9 Å². The summed E-state index contributed by atoms with van der Waals surface area (Å²) in [6.07, 6.45) is -4.01. The van der Waals surface area contributed by atoms with Crippen molar-refractivity contribution in [1.82, 2.24) is 0 Å². The second-order valence-corrected chi connectivity index (χ2v) is 6.74. The fourth-order valence-corrected chi connectivity index (χ4v) is 3.07. The topological polar surface area (TPSA) is 66.4 Å². The number of hydrogen-bond donors (Lipinski definition) is 2. The Bertz CT molecular complexity index is 561. The molecule has 0 aliphatic carbocycles. The van der Waals surface area contributed by atoms with Gasteiger partial charge >= 0.3 is 6.18 Å². The highest BCUT2D eigenvalue weighted by Gasteiger charge is 2.31. The van der Waals surface area contributed by atoms with E-state index in [1.165, 1.54) is 0 Å². The van der Waals surface area contributed by atoms with Crippen LogP contribution in [0.4, 0.5) is 18.9 Å². The highest BCUT2D eigenvalue weighted by atomic mass is 79.9. The number of rotatable bonds is 6. The van der Waals surface area contributed by atoms with E-state index in [1.807, 2.05) is 0 Å². The molecule has 0 bridgehead atoms. The molecule has 4 nitrogen and oxygen atoms in total. The van der Waals surface area contributed by atoms with Gasteiger partial charge in [-0.2, -0.15) is 13.2 Å². The highest BCUT2D eigenvalue weighted by Crippen LogP contribution is 2.34. The van der Waals surface area contributed by atoms with Gasteiger partial charge in [-0.1, -0.05) is 0 Å². The summed E-state index contributed by atoms with van der Waals surface area (Å²) < 4.78 is 63.4. The van der Waals surface area contributed by atoms with Gasteiger partial charge < -0.3 is 5.11 Å². The van der Waals surface area contributed by atoms with Gasteiger partial charge in [0.15, 0.2) is 0 Å². The summed E-state index contributed by atoms with van der Waals surface area (Å²) in [6, 6.07) is 2.72. The lowest BCUT2D eigenvalue weighted by molar-refractivity contribution is -0.137. The molecule has 9 heteroatoms. The van der Waals surface area contributed by atoms with Gasteiger partial charge in [-0.3, -0.25) is 4.72 Å². The molecule has 0 fully saturated rings. The molecule has 1 rings (SSSR count). The summed E-state index contributed by atoms with van der Waals surface area (Å²) in [5.74, 6) is -0.268. The van der Waals surface area contributed by atoms with E-state index in [0.29, 0.717) is 6.42 Å². The van der Waals surface area contributed by atoms with E-state index in [1.54, 1.807) is 0 Å². The zero-order valence-electron chi connectivity index (χ0n) is 10.2. The largest absolute Gasteiger partial charge is 0.416 e. The molecule has 1 aromatic rings. The van der Waals surface area contributed by atoms with Crippen molar-refractivity contribution in [1.29, 1.82) is 0 Å². The molecule has 0 saturated carbocycles. The number of anilines is 1. The van der Waals surface area contributed by atoms with Gasteiger partial charge in [0.25, 0.3) is 0 Å². The first-order valence-electron chi connectivity index (χ1n) is 5.64. The van der Waals surface area contributed by atoms with Crippen LogP contribution < -0.4 is 4.72 Å². The first kappa shape index (κ1) is 17.3. The number of alkyl halides is 3. The molecule has 0 saturated heterocycles. The third-order valence-electron chi connectivity index (χ3n) is 2.38. The average molecular weight is 376 g/mol. The third kappa shape index (κ3) is 5.29. The first-order chi connectivity index (χ1) is 9.15. The van der Waals surface area contributed by atoms with E-state index in [4.69, 9.17) is 5.11 Å². The van der Waals surface area contributed by atoms with E-state index in [-0.39, 0.29) is 28.9 Å². The number of unbranched alkanes of at least 4 members (excludes halogenated alkanes) is 1. The number of halogens is 4. The fraction of sp³-hybridized carbons (Fsp3) is 0.455. The Hall–Kier alpha value is -0.800. The summed E-state index contributed by atoms with van der Waals surface area (Å²) in [7, 11) is -3.75. The molecule has 0 amide bonds. The molecule has 20 heavy (non-hydrogen) atoms. The lowest BCUT2D eigenvalue weighted by Crippen LogP contribution is -2.18. The summed E-state index contributed by atoms with van der Waals surface area (Å²) in [6.45, 7) is -0.136. The fourth-order valence-electron chi connectivity index (χ4n) is 1.40. The summed E-state index contributed by atoms with van der Waals surface area (Å²) in [5, 5.41) is 8.58. The van der Waals surface area contributed by atoms with Crippen LogP contribution in [0.15, 0.2) is 22.7 Å². The maximum absolute atomic E-state index is 12.6. The SMILES string of the molecule is O=S(=O)(CCCCO)Nc1cc(C(F)(F)F)ccc1Br. The van der Waals surface area contributed by atoms with Crippen molar-refractivity contribution in [3.63, 3.8) is 0 Å². The zero-order valence-corrected chi connectivity index (χ0v) is 12.6. The van der Waals surface area contributed by atoms with Crippen molar-refractivity contribution < 1.29 is 26.7 Å². The first-order valence-corrected chi connectivity index (χ1v) is 8.08. The number of hydrogen-bond acceptors (Lipinski definition) is 3. The molecule has 0 heterocycles. The third-order valence-corrected chi connectivity index (χ3v) is 4.43. The van der Waals surface area contributed by atoms with Crippen LogP contribution in [0.1, 0.15) is 18.4 Å². The molecule has 0 aliphatic rings. The van der Waals surface area contributed by atoms with Gasteiger partial charge in [0.1, 0.15) is 0 Å². The van der Waals surface area contributed by atoms with E-state index < -0.39 is 21.8 Å². The predicted octanol–water partition coefficient (Wildman–Crippen LogP) is 2.98. The number of aliphatic hydroxyl groups is 1. The maximum atomic E-state index is 12.6. The lowest BCUT2D eigenvalue weighted by atomic mass is 10.2. The van der Waals surface area contributed by atoms with E-state index in [0.717, 1.165) is 18.2 Å². The maximum Gasteiger partial charge on any atom is 0.416 e. The number of nitrogens with one attached hydrogen (secondary N) is 1. The predicted molar refractivity (Wildman–Crippen MR) is 72.9 cm³/mol. The normalized spacial score (nSPS) is 12.4. The molecule has 1 aromatic carbocycles. The summed E-state index contributed by atoms with van der Waals surface area (Å²) >= 11 is 3.00. The second kappa shape index (κ2) is 6.77. The molecule has 0 aliphatic heterocycles. The molecule has 0 unspecified atom stereocenters. The quantitative estimate of drug-likeness (QED) is 0.751. The second-order valence-electron chi connectivity index (χ2n) is 4.04. The van der Waals surface area contributed by atoms with Crippen molar-refractivity contribution >= 4 is 31.6 Å². The zero-order chi connectivity index (χ0) is 15.4. The minimum absolute atomic E-state index is 0.136. The molecule has 0 spiro atoms. The number of aliphatic hydroxyl groups excluding tert-OH is 1. The van der Waals surface area contributed by atoms with Crippen LogP contribution in [0.25, 0.3) is 0 Å². The van der Waals surface area contributed by atoms with Crippen LogP contribution >= 0.6 is 15.9 Å². The summed E-state index contributed by atoms with van der Waals surface area (Å²) in [4.78, 5) is 0. The van der Waals surface area contributed by atoms with E-state index >= 15 is 0 Å². The van der Waals surface area contributed by atoms with Crippen LogP contribution in [0.5, 0.6) is 0 Å². The van der Waals surface area contributed by atoms with Gasteiger partial charge in [0.2, 0.25) is 10.0 Å². The Kier molecular flexibility index (Phi) is 5.84. The van der Waals surface area contributed by atoms with Gasteiger partial charge in [-0.05, 0) is 47.0 Å². The standard InChI is InChI=1S/C11H13BrF3NO3S/c12-9-4-3-8(11(13,14)15)7-10(9)16-20(18,19)6-2-1-5-17/h3-4,7,16-17H,1-2,5-6H2. The number of sulfonamides is 1. The van der Waals surface area contributed by atoms with Crippen molar-refractivity contribution in [2.24, 2.45) is 0 Å². The van der Waals surface area contributed by atoms with Crippen LogP contribution in [-0.2, 0) is 16.2 Å². The molecule has 0 radical (unpaired) electrons. The van der Waals surface area contributed by atoms with Crippen molar-refractivity contribution in [3.05, 3.63) is 28.2 Å². The summed E-state index contributed by atoms with van der Waals surface area (Å²) in [5.41, 5.74) is -1.10. The van der Waals surface area contributed by atoms with Crippen molar-refractivity contribution in [2.45, 2.75) is 19.0 Å². The van der Waals surface area contributed by atoms with Gasteiger partial charge in [-0.25, -0.2) is 8.42 Å². The van der Waals surface area contributed by atoms with E-state index in [2.05, 4.69) is 20.7 Å². The lowest BCUT2D eigenvalue weighted by Gasteiger charge is -2.13.